The molecule has 8 N–H and O–H groups in total. The van der Waals surface area contributed by atoms with Crippen molar-refractivity contribution < 1.29 is 46.9 Å². The summed E-state index contributed by atoms with van der Waals surface area (Å²) in [6.45, 7) is -10.8. The first-order valence-corrected chi connectivity index (χ1v) is 18.5. The van der Waals surface area contributed by atoms with Crippen LogP contribution in [-0.2, 0) is 39.4 Å². The minimum atomic E-state index is -4.38. The van der Waals surface area contributed by atoms with Crippen LogP contribution < -0.4 is 17.0 Å². The third kappa shape index (κ3) is 6.53. The van der Waals surface area contributed by atoms with Crippen molar-refractivity contribution >= 4 is 71.7 Å². The van der Waals surface area contributed by atoms with Gasteiger partial charge in [-0.3, -0.25) is 18.9 Å². The molecule has 2 fully saturated rings. The van der Waals surface area contributed by atoms with E-state index in [9.17, 15) is 24.3 Å². The third-order valence-corrected chi connectivity index (χ3v) is 9.65. The van der Waals surface area contributed by atoms with Gasteiger partial charge in [0.15, 0.2) is 28.9 Å². The molecule has 0 amide bonds. The highest BCUT2D eigenvalue weighted by Gasteiger charge is 2.53. The molecule has 0 aliphatic carbocycles. The number of halogens is 1. The molecular formula is C20H26FN11O10P2S2. The van der Waals surface area contributed by atoms with Crippen LogP contribution in [0.15, 0.2) is 17.4 Å². The molecule has 0 aromatic carbocycles. The lowest BCUT2D eigenvalue weighted by Crippen LogP contribution is -2.48. The maximum absolute atomic E-state index is 15.0. The standard InChI is InChI=1S/C20H26FN11O10P2S2/c21-8-1-12(32-17-14(29-30-32)18(34)28-19(23)27-17)40-9(8)3-38-44(37,46)42-10-2-11(41-20(10,4-33)5-39-43(35,36)45)31-7-26-13-15(22)24-6-25-16(13)31/h6-12,33H,1-5H2,(H,37,46)(H2,22,24,25)(H2,35,36,45)(H3,23,27,28,34)/t8-,9-,10+,11-,12-,20-,44?/m1/s1. The fourth-order valence-corrected chi connectivity index (χ4v) is 7.14. The van der Waals surface area contributed by atoms with Crippen molar-refractivity contribution in [3.05, 3.63) is 23.0 Å². The Balaban J connectivity index is 1.18. The Morgan fingerprint density at radius 3 is 2.72 bits per heavy atom. The average molecular weight is 726 g/mol. The quantitative estimate of drug-likeness (QED) is 0.0754. The summed E-state index contributed by atoms with van der Waals surface area (Å²) in [5.74, 6) is -0.110. The van der Waals surface area contributed by atoms with Crippen molar-refractivity contribution in [1.29, 1.82) is 0 Å². The first-order valence-electron chi connectivity index (χ1n) is 13.2. The molecule has 0 spiro atoms. The van der Waals surface area contributed by atoms with E-state index in [0.29, 0.717) is 0 Å². The third-order valence-electron chi connectivity index (χ3n) is 7.27. The Hall–Kier alpha value is -2.73. The number of nitrogens with two attached hydrogens (primary N) is 2. The predicted octanol–water partition coefficient (Wildman–Crippen LogP) is -0.540. The first-order chi connectivity index (χ1) is 21.7. The number of nitrogens with one attached hydrogen (secondary N) is 1. The summed E-state index contributed by atoms with van der Waals surface area (Å²) >= 11 is 8.70. The smallest absolute Gasteiger partial charge is 0.383 e. The van der Waals surface area contributed by atoms with Gasteiger partial charge in [-0.25, -0.2) is 23.9 Å². The first kappa shape index (κ1) is 33.2. The number of rotatable bonds is 11. The van der Waals surface area contributed by atoms with Gasteiger partial charge in [0.1, 0.15) is 42.1 Å². The lowest BCUT2D eigenvalue weighted by Gasteiger charge is -2.33. The summed E-state index contributed by atoms with van der Waals surface area (Å²) in [4.78, 5) is 51.2. The molecule has 21 nitrogen and oxygen atoms in total. The molecule has 4 aromatic rings. The van der Waals surface area contributed by atoms with E-state index < -0.39 is 75.3 Å². The van der Waals surface area contributed by atoms with Crippen LogP contribution in [-0.4, -0.2) is 103 Å². The van der Waals surface area contributed by atoms with Crippen molar-refractivity contribution in [2.45, 2.75) is 49.3 Å². The normalized spacial score (nSPS) is 29.4. The molecule has 2 aliphatic heterocycles. The van der Waals surface area contributed by atoms with Gasteiger partial charge in [0.25, 0.3) is 5.56 Å². The molecule has 46 heavy (non-hydrogen) atoms. The Morgan fingerprint density at radius 1 is 1.20 bits per heavy atom. The number of aromatic amines is 1. The number of nitrogen functional groups attached to an aromatic ring is 2. The Kier molecular flexibility index (Phi) is 8.93. The number of hydrogen-bond acceptors (Lipinski definition) is 17. The van der Waals surface area contributed by atoms with Gasteiger partial charge in [-0.1, -0.05) is 17.5 Å². The minimum absolute atomic E-state index is 0.0255. The Bertz CT molecular complexity index is 1930. The van der Waals surface area contributed by atoms with E-state index in [1.54, 1.807) is 0 Å². The van der Waals surface area contributed by atoms with Crippen LogP contribution in [0.5, 0.6) is 0 Å². The maximum Gasteiger partial charge on any atom is 0.383 e. The highest BCUT2D eigenvalue weighted by atomic mass is 32.7. The zero-order valence-electron chi connectivity index (χ0n) is 23.1. The zero-order chi connectivity index (χ0) is 33.0. The molecule has 6 rings (SSSR count). The van der Waals surface area contributed by atoms with Crippen LogP contribution in [0.4, 0.5) is 16.2 Å². The lowest BCUT2D eigenvalue weighted by molar-refractivity contribution is -0.142. The highest BCUT2D eigenvalue weighted by molar-refractivity contribution is 8.44. The largest absolute Gasteiger partial charge is 0.393 e. The second-order valence-corrected chi connectivity index (χ2v) is 15.8. The molecule has 250 valence electrons. The summed E-state index contributed by atoms with van der Waals surface area (Å²) in [7, 11) is 0. The number of fused-ring (bicyclic) bond motifs is 2. The van der Waals surface area contributed by atoms with Crippen LogP contribution in [0.3, 0.4) is 0 Å². The highest BCUT2D eigenvalue weighted by Crippen LogP contribution is 2.54. The molecule has 0 saturated carbocycles. The Labute approximate surface area is 266 Å². The van der Waals surface area contributed by atoms with E-state index in [4.69, 9.17) is 46.3 Å². The molecule has 0 radical (unpaired) electrons. The predicted molar refractivity (Wildman–Crippen MR) is 160 cm³/mol. The summed E-state index contributed by atoms with van der Waals surface area (Å²) in [6.07, 6.45) is -4.09. The van der Waals surface area contributed by atoms with Crippen molar-refractivity contribution in [2.75, 3.05) is 31.3 Å². The lowest BCUT2D eigenvalue weighted by atomic mass is 9.99. The number of anilines is 2. The number of thiol groups is 1. The summed E-state index contributed by atoms with van der Waals surface area (Å²) in [5, 5.41) is 18.0. The van der Waals surface area contributed by atoms with Gasteiger partial charge in [0, 0.05) is 12.8 Å². The van der Waals surface area contributed by atoms with Crippen LogP contribution in [0.25, 0.3) is 22.3 Å². The molecule has 2 aliphatic rings. The maximum atomic E-state index is 15.0. The number of aromatic nitrogens is 9. The second-order valence-electron chi connectivity index (χ2n) is 10.3. The zero-order valence-corrected chi connectivity index (χ0v) is 26.6. The molecule has 2 saturated heterocycles. The Morgan fingerprint density at radius 2 is 1.98 bits per heavy atom. The number of aliphatic hydroxyl groups is 1. The molecule has 4 aromatic heterocycles. The summed E-state index contributed by atoms with van der Waals surface area (Å²) < 4.78 is 57.4. The average Bonchev–Trinajstić information content (AvgIpc) is 3.75. The molecule has 0 bridgehead atoms. The minimum Gasteiger partial charge on any atom is -0.393 e. The molecule has 26 heteroatoms. The fraction of sp³-hybridized carbons (Fsp3) is 0.550. The number of aliphatic hydroxyl groups excluding tert-OH is 1. The van der Waals surface area contributed by atoms with E-state index in [1.165, 1.54) is 17.2 Å². The van der Waals surface area contributed by atoms with Crippen LogP contribution in [0.2, 0.25) is 0 Å². The van der Waals surface area contributed by atoms with E-state index in [1.807, 2.05) is 0 Å². The van der Waals surface area contributed by atoms with E-state index in [-0.39, 0.29) is 46.9 Å². The van der Waals surface area contributed by atoms with Gasteiger partial charge in [0.2, 0.25) is 5.95 Å². The van der Waals surface area contributed by atoms with E-state index in [0.717, 1.165) is 4.68 Å². The number of ether oxygens (including phenoxy) is 2. The van der Waals surface area contributed by atoms with Gasteiger partial charge >= 0.3 is 13.5 Å². The summed E-state index contributed by atoms with van der Waals surface area (Å²) in [5.41, 5.74) is 9.33. The van der Waals surface area contributed by atoms with Crippen molar-refractivity contribution in [3.63, 3.8) is 0 Å². The number of alkyl halides is 1. The van der Waals surface area contributed by atoms with Gasteiger partial charge in [0.05, 0.1) is 26.1 Å². The number of imidazole rings is 1. The van der Waals surface area contributed by atoms with Crippen molar-refractivity contribution in [2.24, 2.45) is 0 Å². The summed E-state index contributed by atoms with van der Waals surface area (Å²) in [6, 6.07) is 0. The molecule has 6 heterocycles. The SMILES string of the molecule is Nc1nc2c(nnn2[C@H]2C[C@@H](F)[C@@H](COP(O)(=S)O[C@H]3C[C@H](n4cnc5c(N)ncnc54)O[C@]3(CO)COP(=O)(O)S)O2)c(=O)[nH]1. The number of H-pyrrole nitrogens is 1. The molecule has 2 unspecified atom stereocenters. The van der Waals surface area contributed by atoms with Crippen molar-refractivity contribution in [1.82, 2.24) is 44.5 Å². The van der Waals surface area contributed by atoms with Crippen LogP contribution in [0.1, 0.15) is 25.3 Å². The monoisotopic (exact) mass is 725 g/mol. The fourth-order valence-electron chi connectivity index (χ4n) is 5.09. The molecular weight excluding hydrogens is 699 g/mol. The second kappa shape index (κ2) is 12.4. The van der Waals surface area contributed by atoms with Gasteiger partial charge < -0.3 is 44.9 Å². The number of nitrogens with zero attached hydrogens (tertiary/aromatic N) is 8. The van der Waals surface area contributed by atoms with Crippen LogP contribution in [0, 0.1) is 0 Å². The van der Waals surface area contributed by atoms with Gasteiger partial charge in [-0.2, -0.15) is 9.67 Å². The van der Waals surface area contributed by atoms with E-state index in [2.05, 4.69) is 47.5 Å². The number of hydrogen-bond donors (Lipinski definition) is 7. The topological polar surface area (TPSA) is 296 Å². The van der Waals surface area contributed by atoms with Gasteiger partial charge in [-0.15, -0.1) is 5.10 Å². The van der Waals surface area contributed by atoms with Gasteiger partial charge in [-0.05, 0) is 11.8 Å². The van der Waals surface area contributed by atoms with Crippen LogP contribution >= 0.6 is 25.8 Å². The molecule has 8 atom stereocenters. The van der Waals surface area contributed by atoms with Crippen molar-refractivity contribution in [3.8, 4) is 0 Å². The van der Waals surface area contributed by atoms with E-state index >= 15 is 4.39 Å².